The first-order valence-electron chi connectivity index (χ1n) is 4.66. The van der Waals surface area contributed by atoms with Gasteiger partial charge in [0.1, 0.15) is 5.57 Å². The van der Waals surface area contributed by atoms with Crippen molar-refractivity contribution in [1.82, 2.24) is 0 Å². The van der Waals surface area contributed by atoms with Gasteiger partial charge >= 0.3 is 5.97 Å². The molecule has 2 N–H and O–H groups in total. The molecule has 0 aromatic rings. The van der Waals surface area contributed by atoms with Crippen molar-refractivity contribution in [2.75, 3.05) is 20.8 Å². The summed E-state index contributed by atoms with van der Waals surface area (Å²) in [5.74, 6) is -0.571. The molecule has 0 aromatic heterocycles. The topological polar surface area (TPSA) is 83.1 Å². The van der Waals surface area contributed by atoms with Crippen molar-refractivity contribution in [1.29, 1.82) is 0 Å². The van der Waals surface area contributed by atoms with Crippen LogP contribution in [0.2, 0.25) is 0 Å². The lowest BCUT2D eigenvalue weighted by Crippen LogP contribution is -2.16. The fourth-order valence-electron chi connectivity index (χ4n) is 0.867. The van der Waals surface area contributed by atoms with Crippen molar-refractivity contribution in [2.24, 2.45) is 10.7 Å². The Labute approximate surface area is 114 Å². The monoisotopic (exact) mass is 354 g/mol. The number of aliphatic imine (C=N–C) groups is 1. The van der Waals surface area contributed by atoms with Gasteiger partial charge in [-0.15, -0.1) is 0 Å². The molecule has 0 rings (SSSR count). The molecule has 0 saturated heterocycles. The standard InChI is InChI=1S/C10H15IN2O4/c1-5-17-9(14)7(6(2)11)8(15-3)13-10(12)16-4/h2,5H2,1,3-4H3,(H2,12,13)/b8-7-. The summed E-state index contributed by atoms with van der Waals surface area (Å²) >= 11 is 1.87. The minimum atomic E-state index is -0.573. The number of esters is 1. The fraction of sp³-hybridized carbons (Fsp3) is 0.400. The van der Waals surface area contributed by atoms with Gasteiger partial charge in [0.2, 0.25) is 5.88 Å². The number of hydrogen-bond donors (Lipinski definition) is 1. The lowest BCUT2D eigenvalue weighted by Gasteiger charge is -2.09. The van der Waals surface area contributed by atoms with E-state index in [1.54, 1.807) is 6.92 Å². The van der Waals surface area contributed by atoms with E-state index in [2.05, 4.69) is 16.3 Å². The van der Waals surface area contributed by atoms with Crippen LogP contribution in [0, 0.1) is 0 Å². The van der Waals surface area contributed by atoms with Crippen LogP contribution in [0.5, 0.6) is 0 Å². The third kappa shape index (κ3) is 5.07. The summed E-state index contributed by atoms with van der Waals surface area (Å²) in [5, 5.41) is 0. The molecule has 0 aliphatic heterocycles. The Bertz CT molecular complexity index is 363. The summed E-state index contributed by atoms with van der Waals surface area (Å²) in [6.07, 6.45) is 0. The van der Waals surface area contributed by atoms with Crippen LogP contribution in [-0.2, 0) is 19.0 Å². The molecule has 0 aliphatic rings. The molecule has 7 heteroatoms. The van der Waals surface area contributed by atoms with E-state index in [0.717, 1.165) is 0 Å². The van der Waals surface area contributed by atoms with Gasteiger partial charge in [-0.2, -0.15) is 4.99 Å². The maximum absolute atomic E-state index is 11.7. The van der Waals surface area contributed by atoms with Gasteiger partial charge in [0, 0.05) is 3.58 Å². The third-order valence-electron chi connectivity index (χ3n) is 1.58. The highest BCUT2D eigenvalue weighted by atomic mass is 127. The summed E-state index contributed by atoms with van der Waals surface area (Å²) in [7, 11) is 2.72. The molecule has 0 radical (unpaired) electrons. The average Bonchev–Trinajstić information content (AvgIpc) is 2.27. The molecule has 0 aromatic carbocycles. The Morgan fingerprint density at radius 1 is 1.41 bits per heavy atom. The molecule has 0 aliphatic carbocycles. The van der Waals surface area contributed by atoms with Gasteiger partial charge in [0.15, 0.2) is 0 Å². The molecule has 0 spiro atoms. The Morgan fingerprint density at radius 2 is 2.00 bits per heavy atom. The van der Waals surface area contributed by atoms with Crippen molar-refractivity contribution in [3.05, 3.63) is 21.6 Å². The second kappa shape index (κ2) is 7.93. The van der Waals surface area contributed by atoms with Crippen molar-refractivity contribution >= 4 is 34.6 Å². The number of nitrogens with two attached hydrogens (primary N) is 1. The quantitative estimate of drug-likeness (QED) is 0.153. The predicted molar refractivity (Wildman–Crippen MR) is 72.5 cm³/mol. The Kier molecular flexibility index (Phi) is 7.35. The van der Waals surface area contributed by atoms with Crippen LogP contribution in [0.25, 0.3) is 0 Å². The zero-order valence-electron chi connectivity index (χ0n) is 9.95. The van der Waals surface area contributed by atoms with Crippen LogP contribution in [-0.4, -0.2) is 32.8 Å². The minimum Gasteiger partial charge on any atom is -0.480 e. The molecule has 6 nitrogen and oxygen atoms in total. The lowest BCUT2D eigenvalue weighted by molar-refractivity contribution is -0.138. The van der Waals surface area contributed by atoms with Crippen LogP contribution >= 0.6 is 22.6 Å². The molecule has 0 heterocycles. The lowest BCUT2D eigenvalue weighted by atomic mass is 10.3. The van der Waals surface area contributed by atoms with Crippen molar-refractivity contribution in [2.45, 2.75) is 6.92 Å². The van der Waals surface area contributed by atoms with Crippen LogP contribution in [0.3, 0.4) is 0 Å². The minimum absolute atomic E-state index is 0.00204. The summed E-state index contributed by atoms with van der Waals surface area (Å²) in [4.78, 5) is 15.5. The molecule has 17 heavy (non-hydrogen) atoms. The first-order valence-corrected chi connectivity index (χ1v) is 5.74. The largest absolute Gasteiger partial charge is 0.480 e. The summed E-state index contributed by atoms with van der Waals surface area (Å²) in [6.45, 7) is 5.60. The predicted octanol–water partition coefficient (Wildman–Crippen LogP) is 1.32. The van der Waals surface area contributed by atoms with Crippen molar-refractivity contribution < 1.29 is 19.0 Å². The van der Waals surface area contributed by atoms with Gasteiger partial charge in [-0.1, -0.05) is 6.58 Å². The molecule has 96 valence electrons. The van der Waals surface area contributed by atoms with Crippen molar-refractivity contribution in [3.63, 3.8) is 0 Å². The number of methoxy groups -OCH3 is 2. The Morgan fingerprint density at radius 3 is 2.35 bits per heavy atom. The molecule has 0 fully saturated rings. The van der Waals surface area contributed by atoms with E-state index in [1.807, 2.05) is 22.6 Å². The number of halogens is 1. The van der Waals surface area contributed by atoms with Gasteiger partial charge < -0.3 is 19.9 Å². The molecular formula is C10H15IN2O4. The molecule has 0 amide bonds. The fourth-order valence-corrected chi connectivity index (χ4v) is 1.32. The maximum Gasteiger partial charge on any atom is 0.344 e. The molecular weight excluding hydrogens is 339 g/mol. The number of rotatable bonds is 5. The van der Waals surface area contributed by atoms with E-state index < -0.39 is 5.97 Å². The Balaban J connectivity index is 5.47. The zero-order valence-corrected chi connectivity index (χ0v) is 12.1. The van der Waals surface area contributed by atoms with Crippen LogP contribution in [0.4, 0.5) is 0 Å². The highest BCUT2D eigenvalue weighted by Crippen LogP contribution is 2.22. The van der Waals surface area contributed by atoms with Gasteiger partial charge in [-0.05, 0) is 29.5 Å². The zero-order chi connectivity index (χ0) is 13.4. The number of hydrogen-bond acceptors (Lipinski definition) is 5. The van der Waals surface area contributed by atoms with E-state index in [4.69, 9.17) is 15.2 Å². The van der Waals surface area contributed by atoms with Crippen LogP contribution in [0.15, 0.2) is 26.6 Å². The number of amidine groups is 1. The average molecular weight is 354 g/mol. The van der Waals surface area contributed by atoms with Gasteiger partial charge in [-0.3, -0.25) is 0 Å². The summed E-state index contributed by atoms with van der Waals surface area (Å²) < 4.78 is 15.0. The van der Waals surface area contributed by atoms with Crippen LogP contribution < -0.4 is 5.73 Å². The SMILES string of the molecule is C=C(I)/C(C(=O)OCC)=C(\N=C(/N)OC)OC. The van der Waals surface area contributed by atoms with Crippen LogP contribution in [0.1, 0.15) is 6.92 Å². The normalized spacial score (nSPS) is 12.6. The second-order valence-corrected chi connectivity index (χ2v) is 3.97. The number of carbonyl (C=O) groups excluding carboxylic acids is 1. The third-order valence-corrected chi connectivity index (χ3v) is 2.12. The van der Waals surface area contributed by atoms with E-state index in [0.29, 0.717) is 3.58 Å². The van der Waals surface area contributed by atoms with Gasteiger partial charge in [0.05, 0.1) is 20.8 Å². The van der Waals surface area contributed by atoms with E-state index in [9.17, 15) is 4.79 Å². The highest BCUT2D eigenvalue weighted by Gasteiger charge is 2.20. The maximum atomic E-state index is 11.7. The number of nitrogens with zero attached hydrogens (tertiary/aromatic N) is 1. The van der Waals surface area contributed by atoms with Gasteiger partial charge in [-0.25, -0.2) is 4.79 Å². The number of carbonyl (C=O) groups is 1. The molecule has 0 unspecified atom stereocenters. The smallest absolute Gasteiger partial charge is 0.344 e. The van der Waals surface area contributed by atoms with E-state index in [-0.39, 0.29) is 24.1 Å². The van der Waals surface area contributed by atoms with E-state index in [1.165, 1.54) is 14.2 Å². The molecule has 0 bridgehead atoms. The molecule has 0 atom stereocenters. The van der Waals surface area contributed by atoms with Crippen molar-refractivity contribution in [3.8, 4) is 0 Å². The number of ether oxygens (including phenoxy) is 3. The first-order chi connectivity index (χ1) is 7.97. The second-order valence-electron chi connectivity index (χ2n) is 2.66. The Hall–Kier alpha value is -1.25. The first kappa shape index (κ1) is 15.8. The van der Waals surface area contributed by atoms with Gasteiger partial charge in [0.25, 0.3) is 6.02 Å². The highest BCUT2D eigenvalue weighted by molar-refractivity contribution is 14.1. The molecule has 0 saturated carbocycles. The summed E-state index contributed by atoms with van der Waals surface area (Å²) in [5.41, 5.74) is 5.51. The van der Waals surface area contributed by atoms with E-state index >= 15 is 0 Å². The summed E-state index contributed by atoms with van der Waals surface area (Å²) in [6, 6.07) is -0.124.